The van der Waals surface area contributed by atoms with Crippen molar-refractivity contribution in [2.45, 2.75) is 84.3 Å². The van der Waals surface area contributed by atoms with Gasteiger partial charge in [-0.1, -0.05) is 26.7 Å². The predicted octanol–water partition coefficient (Wildman–Crippen LogP) is 5.30. The second-order valence-corrected chi connectivity index (χ2v) is 8.67. The van der Waals surface area contributed by atoms with E-state index in [4.69, 9.17) is 9.47 Å². The van der Waals surface area contributed by atoms with Crippen LogP contribution in [-0.4, -0.2) is 19.5 Å². The van der Waals surface area contributed by atoms with Crippen LogP contribution >= 0.6 is 0 Å². The maximum Gasteiger partial charge on any atom is 0.160 e. The first-order chi connectivity index (χ1) is 11.7. The summed E-state index contributed by atoms with van der Waals surface area (Å²) in [7, 11) is 0. The zero-order valence-corrected chi connectivity index (χ0v) is 15.6. The third kappa shape index (κ3) is 3.97. The molecule has 4 atom stereocenters. The molecule has 24 heavy (non-hydrogen) atoms. The summed E-state index contributed by atoms with van der Waals surface area (Å²) in [6, 6.07) is 2.69. The molecule has 2 aliphatic carbocycles. The molecule has 0 N–H and O–H groups in total. The summed E-state index contributed by atoms with van der Waals surface area (Å²) in [5, 5.41) is 9.70. The van der Waals surface area contributed by atoms with E-state index in [0.29, 0.717) is 11.8 Å². The fourth-order valence-corrected chi connectivity index (χ4v) is 5.57. The Bertz CT molecular complexity index is 438. The summed E-state index contributed by atoms with van der Waals surface area (Å²) < 4.78 is 12.2. The fraction of sp³-hybridized carbons (Fsp3) is 0.952. The molecule has 0 aromatic rings. The summed E-state index contributed by atoms with van der Waals surface area (Å²) in [6.07, 6.45) is 11.9. The first kappa shape index (κ1) is 18.2. The molecule has 0 radical (unpaired) electrons. The van der Waals surface area contributed by atoms with Gasteiger partial charge in [0.25, 0.3) is 0 Å². The average molecular weight is 334 g/mol. The minimum Gasteiger partial charge on any atom is -0.352 e. The highest BCUT2D eigenvalue weighted by Crippen LogP contribution is 2.51. The molecule has 0 aromatic heterocycles. The standard InChI is InChI=1S/C21H35NO2/c1-3-5-16-13-23-20(24-14-16)18-6-7-19-12-21(15-22,9-4-2)10-8-17(19)11-18/h16-20H,3-14H2,1-2H3/t16?,17-,18?,19?,20?,21+/m1/s1. The lowest BCUT2D eigenvalue weighted by Gasteiger charge is -2.47. The summed E-state index contributed by atoms with van der Waals surface area (Å²) >= 11 is 0. The Balaban J connectivity index is 1.51. The summed E-state index contributed by atoms with van der Waals surface area (Å²) in [5.74, 6) is 2.73. The van der Waals surface area contributed by atoms with E-state index >= 15 is 0 Å². The topological polar surface area (TPSA) is 42.2 Å². The van der Waals surface area contributed by atoms with Crippen molar-refractivity contribution in [2.75, 3.05) is 13.2 Å². The molecule has 1 saturated heterocycles. The Kier molecular flexibility index (Phi) is 6.22. The van der Waals surface area contributed by atoms with Crippen LogP contribution in [0.5, 0.6) is 0 Å². The smallest absolute Gasteiger partial charge is 0.160 e. The first-order valence-electron chi connectivity index (χ1n) is 10.3. The van der Waals surface area contributed by atoms with Gasteiger partial charge in [0, 0.05) is 11.8 Å². The molecule has 136 valence electrons. The van der Waals surface area contributed by atoms with Crippen LogP contribution in [0.15, 0.2) is 0 Å². The van der Waals surface area contributed by atoms with Crippen LogP contribution in [0.3, 0.4) is 0 Å². The molecule has 1 aliphatic heterocycles. The van der Waals surface area contributed by atoms with Crippen molar-refractivity contribution < 1.29 is 9.47 Å². The molecule has 1 heterocycles. The number of ether oxygens (including phenoxy) is 2. The van der Waals surface area contributed by atoms with Gasteiger partial charge in [-0.2, -0.15) is 5.26 Å². The van der Waals surface area contributed by atoms with Gasteiger partial charge in [0.05, 0.1) is 24.7 Å². The highest BCUT2D eigenvalue weighted by molar-refractivity contribution is 5.04. The van der Waals surface area contributed by atoms with Gasteiger partial charge in [0.15, 0.2) is 6.29 Å². The van der Waals surface area contributed by atoms with E-state index in [-0.39, 0.29) is 11.7 Å². The highest BCUT2D eigenvalue weighted by atomic mass is 16.7. The second kappa shape index (κ2) is 8.19. The fourth-order valence-electron chi connectivity index (χ4n) is 5.57. The van der Waals surface area contributed by atoms with Crippen molar-refractivity contribution in [3.63, 3.8) is 0 Å². The lowest BCUT2D eigenvalue weighted by atomic mass is 9.59. The van der Waals surface area contributed by atoms with Crippen LogP contribution in [0, 0.1) is 40.4 Å². The van der Waals surface area contributed by atoms with Crippen LogP contribution in [-0.2, 0) is 9.47 Å². The van der Waals surface area contributed by atoms with Gasteiger partial charge in [-0.15, -0.1) is 0 Å². The van der Waals surface area contributed by atoms with Crippen LogP contribution in [0.4, 0.5) is 0 Å². The van der Waals surface area contributed by atoms with Crippen LogP contribution in [0.2, 0.25) is 0 Å². The van der Waals surface area contributed by atoms with Crippen molar-refractivity contribution in [1.82, 2.24) is 0 Å². The molecule has 0 bridgehead atoms. The number of hydrogen-bond acceptors (Lipinski definition) is 3. The van der Waals surface area contributed by atoms with Crippen LogP contribution in [0.1, 0.15) is 78.1 Å². The van der Waals surface area contributed by atoms with Crippen molar-refractivity contribution >= 4 is 0 Å². The molecule has 3 nitrogen and oxygen atoms in total. The number of hydrogen-bond donors (Lipinski definition) is 0. The van der Waals surface area contributed by atoms with Gasteiger partial charge in [0.1, 0.15) is 0 Å². The van der Waals surface area contributed by atoms with E-state index in [1.54, 1.807) is 0 Å². The number of rotatable bonds is 5. The molecule has 0 aromatic carbocycles. The summed E-state index contributed by atoms with van der Waals surface area (Å²) in [4.78, 5) is 0. The van der Waals surface area contributed by atoms with Crippen molar-refractivity contribution in [3.05, 3.63) is 0 Å². The minimum absolute atomic E-state index is 0.0199. The third-order valence-corrected chi connectivity index (χ3v) is 6.87. The first-order valence-corrected chi connectivity index (χ1v) is 10.3. The van der Waals surface area contributed by atoms with E-state index in [2.05, 4.69) is 19.9 Å². The third-order valence-electron chi connectivity index (χ3n) is 6.87. The van der Waals surface area contributed by atoms with Gasteiger partial charge in [-0.25, -0.2) is 0 Å². The van der Waals surface area contributed by atoms with Gasteiger partial charge >= 0.3 is 0 Å². The molecular weight excluding hydrogens is 298 g/mol. The van der Waals surface area contributed by atoms with Crippen molar-refractivity contribution in [2.24, 2.45) is 29.1 Å². The van der Waals surface area contributed by atoms with Crippen LogP contribution < -0.4 is 0 Å². The number of nitrogens with zero attached hydrogens (tertiary/aromatic N) is 1. The molecule has 3 aliphatic rings. The molecule has 3 rings (SSSR count). The maximum atomic E-state index is 9.70. The number of fused-ring (bicyclic) bond motifs is 1. The van der Waals surface area contributed by atoms with E-state index < -0.39 is 0 Å². The normalized spacial score (nSPS) is 43.0. The predicted molar refractivity (Wildman–Crippen MR) is 95.2 cm³/mol. The van der Waals surface area contributed by atoms with E-state index in [9.17, 15) is 5.26 Å². The lowest BCUT2D eigenvalue weighted by Crippen LogP contribution is -2.42. The Labute approximate surface area is 148 Å². The molecule has 0 spiro atoms. The molecule has 3 fully saturated rings. The quantitative estimate of drug-likeness (QED) is 0.685. The summed E-state index contributed by atoms with van der Waals surface area (Å²) in [5.41, 5.74) is -0.0199. The van der Waals surface area contributed by atoms with Crippen molar-refractivity contribution in [1.29, 1.82) is 5.26 Å². The molecular formula is C21H35NO2. The van der Waals surface area contributed by atoms with Crippen molar-refractivity contribution in [3.8, 4) is 6.07 Å². The van der Waals surface area contributed by atoms with Gasteiger partial charge in [-0.05, 0) is 63.2 Å². The maximum absolute atomic E-state index is 9.70. The average Bonchev–Trinajstić information content (AvgIpc) is 2.62. The molecule has 2 unspecified atom stereocenters. The van der Waals surface area contributed by atoms with E-state index in [1.165, 1.54) is 38.5 Å². The number of nitriles is 1. The monoisotopic (exact) mass is 333 g/mol. The largest absolute Gasteiger partial charge is 0.352 e. The lowest BCUT2D eigenvalue weighted by molar-refractivity contribution is -0.233. The zero-order valence-electron chi connectivity index (χ0n) is 15.6. The van der Waals surface area contributed by atoms with Gasteiger partial charge < -0.3 is 9.47 Å². The van der Waals surface area contributed by atoms with E-state index in [0.717, 1.165) is 50.7 Å². The molecule has 2 saturated carbocycles. The SMILES string of the molecule is CCCC1COC(C2CCC3C[C@](C#N)(CCC)CC[C@@H]3C2)OC1. The van der Waals surface area contributed by atoms with Crippen LogP contribution in [0.25, 0.3) is 0 Å². The second-order valence-electron chi connectivity index (χ2n) is 8.67. The molecule has 3 heteroatoms. The highest BCUT2D eigenvalue weighted by Gasteiger charge is 2.44. The molecule has 0 amide bonds. The Morgan fingerprint density at radius 1 is 1.00 bits per heavy atom. The Morgan fingerprint density at radius 2 is 1.75 bits per heavy atom. The zero-order chi connectivity index (χ0) is 17.0. The minimum atomic E-state index is -0.0199. The Morgan fingerprint density at radius 3 is 2.42 bits per heavy atom. The summed E-state index contributed by atoms with van der Waals surface area (Å²) in [6.45, 7) is 6.22. The van der Waals surface area contributed by atoms with E-state index in [1.807, 2.05) is 0 Å². The van der Waals surface area contributed by atoms with Gasteiger partial charge in [-0.3, -0.25) is 0 Å². The van der Waals surface area contributed by atoms with Gasteiger partial charge in [0.2, 0.25) is 0 Å². The Hall–Kier alpha value is -0.590.